The number of nitrogens with zero attached hydrogens (tertiary/aromatic N) is 1. The molecule has 0 saturated carbocycles. The van der Waals surface area contributed by atoms with Gasteiger partial charge in [0.2, 0.25) is 0 Å². The molecule has 0 spiro atoms. The van der Waals surface area contributed by atoms with Gasteiger partial charge >= 0.3 is 11.8 Å². The molecule has 0 fully saturated rings. The van der Waals surface area contributed by atoms with Crippen LogP contribution in [-0.2, 0) is 9.59 Å². The summed E-state index contributed by atoms with van der Waals surface area (Å²) in [5.41, 5.74) is 10.0. The van der Waals surface area contributed by atoms with Crippen LogP contribution < -0.4 is 16.0 Å². The number of anilines is 4. The number of nitrogen functional groups attached to an aromatic ring is 1. The Hall–Kier alpha value is -3.60. The van der Waals surface area contributed by atoms with Crippen molar-refractivity contribution >= 4 is 34.6 Å². The summed E-state index contributed by atoms with van der Waals surface area (Å²) >= 11 is 0. The van der Waals surface area contributed by atoms with Crippen LogP contribution in [-0.4, -0.2) is 11.8 Å². The van der Waals surface area contributed by atoms with Crippen molar-refractivity contribution in [3.8, 4) is 0 Å². The number of amides is 2. The molecule has 0 unspecified atom stereocenters. The molecule has 0 aliphatic heterocycles. The van der Waals surface area contributed by atoms with E-state index < -0.39 is 11.8 Å². The first-order valence-electron chi connectivity index (χ1n) is 8.59. The number of carbonyl (C=O) groups excluding carboxylic acids is 2. The zero-order valence-electron chi connectivity index (χ0n) is 15.3. The predicted molar refractivity (Wildman–Crippen MR) is 109 cm³/mol. The zero-order valence-corrected chi connectivity index (χ0v) is 15.3. The molecule has 3 aromatic rings. The highest BCUT2D eigenvalue weighted by molar-refractivity contribution is 6.45. The molecule has 0 bridgehead atoms. The Labute approximate surface area is 158 Å². The Morgan fingerprint density at radius 3 is 2.15 bits per heavy atom. The van der Waals surface area contributed by atoms with Crippen molar-refractivity contribution in [1.82, 2.24) is 0 Å². The fourth-order valence-corrected chi connectivity index (χ4v) is 2.73. The molecule has 0 atom stereocenters. The summed E-state index contributed by atoms with van der Waals surface area (Å²) in [6.45, 7) is 3.82. The number of benzene rings is 3. The first-order valence-corrected chi connectivity index (χ1v) is 8.59. The lowest BCUT2D eigenvalue weighted by molar-refractivity contribution is -0.134. The lowest BCUT2D eigenvalue weighted by Crippen LogP contribution is -2.36. The SMILES string of the molecule is Cc1ccc(C)c(NC(=O)C(=O)N(c2ccccc2)c2ccc(N)cc2)c1. The van der Waals surface area contributed by atoms with E-state index in [1.54, 1.807) is 36.4 Å². The van der Waals surface area contributed by atoms with Gasteiger partial charge in [-0.3, -0.25) is 14.5 Å². The second-order valence-electron chi connectivity index (χ2n) is 6.34. The average molecular weight is 359 g/mol. The van der Waals surface area contributed by atoms with Crippen molar-refractivity contribution in [2.45, 2.75) is 13.8 Å². The van der Waals surface area contributed by atoms with Gasteiger partial charge < -0.3 is 11.1 Å². The fraction of sp³-hybridized carbons (Fsp3) is 0.0909. The van der Waals surface area contributed by atoms with Gasteiger partial charge in [0.15, 0.2) is 0 Å². The summed E-state index contributed by atoms with van der Waals surface area (Å²) < 4.78 is 0. The molecule has 5 nitrogen and oxygen atoms in total. The molecule has 0 saturated heterocycles. The molecule has 3 aromatic carbocycles. The molecule has 0 aromatic heterocycles. The van der Waals surface area contributed by atoms with Crippen LogP contribution in [0.5, 0.6) is 0 Å². The number of hydrogen-bond acceptors (Lipinski definition) is 3. The summed E-state index contributed by atoms with van der Waals surface area (Å²) in [5.74, 6) is -1.38. The Morgan fingerprint density at radius 1 is 0.852 bits per heavy atom. The smallest absolute Gasteiger partial charge is 0.321 e. The first kappa shape index (κ1) is 18.2. The number of rotatable bonds is 3. The number of hydrogen-bond donors (Lipinski definition) is 2. The van der Waals surface area contributed by atoms with Gasteiger partial charge in [-0.2, -0.15) is 0 Å². The Kier molecular flexibility index (Phi) is 5.22. The molecule has 0 aliphatic carbocycles. The molecular weight excluding hydrogens is 338 g/mol. The molecule has 2 amide bonds. The Balaban J connectivity index is 1.94. The third kappa shape index (κ3) is 4.15. The van der Waals surface area contributed by atoms with E-state index >= 15 is 0 Å². The second-order valence-corrected chi connectivity index (χ2v) is 6.34. The summed E-state index contributed by atoms with van der Waals surface area (Å²) in [6.07, 6.45) is 0. The second kappa shape index (κ2) is 7.74. The Bertz CT molecular complexity index is 967. The third-order valence-electron chi connectivity index (χ3n) is 4.20. The minimum Gasteiger partial charge on any atom is -0.399 e. The van der Waals surface area contributed by atoms with Crippen molar-refractivity contribution < 1.29 is 9.59 Å². The van der Waals surface area contributed by atoms with E-state index in [9.17, 15) is 9.59 Å². The summed E-state index contributed by atoms with van der Waals surface area (Å²) in [4.78, 5) is 27.1. The zero-order chi connectivity index (χ0) is 19.4. The van der Waals surface area contributed by atoms with Gasteiger partial charge in [-0.15, -0.1) is 0 Å². The molecule has 136 valence electrons. The van der Waals surface area contributed by atoms with Crippen molar-refractivity contribution in [1.29, 1.82) is 0 Å². The molecule has 3 rings (SSSR count). The van der Waals surface area contributed by atoms with Crippen molar-refractivity contribution in [3.05, 3.63) is 83.9 Å². The van der Waals surface area contributed by atoms with Crippen LogP contribution in [0.15, 0.2) is 72.8 Å². The number of nitrogens with one attached hydrogen (secondary N) is 1. The minimum atomic E-state index is -0.704. The summed E-state index contributed by atoms with van der Waals surface area (Å²) in [7, 11) is 0. The molecule has 3 N–H and O–H groups in total. The van der Waals surface area contributed by atoms with E-state index in [1.807, 2.05) is 50.2 Å². The van der Waals surface area contributed by atoms with E-state index in [0.717, 1.165) is 11.1 Å². The molecule has 0 radical (unpaired) electrons. The van der Waals surface area contributed by atoms with Crippen LogP contribution in [0, 0.1) is 13.8 Å². The van der Waals surface area contributed by atoms with Crippen molar-refractivity contribution in [2.24, 2.45) is 0 Å². The number of carbonyl (C=O) groups is 2. The highest BCUT2D eigenvalue weighted by Crippen LogP contribution is 2.27. The monoisotopic (exact) mass is 359 g/mol. The topological polar surface area (TPSA) is 75.4 Å². The average Bonchev–Trinajstić information content (AvgIpc) is 2.67. The summed E-state index contributed by atoms with van der Waals surface area (Å²) in [5, 5.41) is 2.73. The van der Waals surface area contributed by atoms with Crippen LogP contribution in [0.2, 0.25) is 0 Å². The van der Waals surface area contributed by atoms with E-state index in [1.165, 1.54) is 4.90 Å². The van der Waals surface area contributed by atoms with Crippen LogP contribution in [0.1, 0.15) is 11.1 Å². The van der Waals surface area contributed by atoms with E-state index in [-0.39, 0.29) is 0 Å². The predicted octanol–water partition coefficient (Wildman–Crippen LogP) is 4.19. The van der Waals surface area contributed by atoms with Gasteiger partial charge in [0.05, 0.1) is 0 Å². The summed E-state index contributed by atoms with van der Waals surface area (Å²) in [6, 6.07) is 21.6. The largest absolute Gasteiger partial charge is 0.399 e. The van der Waals surface area contributed by atoms with E-state index in [4.69, 9.17) is 5.73 Å². The molecule has 27 heavy (non-hydrogen) atoms. The first-order chi connectivity index (χ1) is 13.0. The van der Waals surface area contributed by atoms with Crippen LogP contribution in [0.4, 0.5) is 22.7 Å². The standard InChI is InChI=1S/C22H21N3O2/c1-15-8-9-16(2)20(14-15)24-21(26)22(27)25(18-6-4-3-5-7-18)19-12-10-17(23)11-13-19/h3-14H,23H2,1-2H3,(H,24,26). The van der Waals surface area contributed by atoms with E-state index in [2.05, 4.69) is 5.32 Å². The van der Waals surface area contributed by atoms with Gasteiger partial charge in [0.25, 0.3) is 0 Å². The maximum Gasteiger partial charge on any atom is 0.321 e. The third-order valence-corrected chi connectivity index (χ3v) is 4.20. The van der Waals surface area contributed by atoms with Gasteiger partial charge in [-0.25, -0.2) is 0 Å². The highest BCUT2D eigenvalue weighted by atomic mass is 16.2. The van der Waals surface area contributed by atoms with Crippen LogP contribution in [0.3, 0.4) is 0 Å². The number of para-hydroxylation sites is 1. The number of nitrogens with two attached hydrogens (primary N) is 1. The number of aryl methyl sites for hydroxylation is 2. The minimum absolute atomic E-state index is 0.566. The lowest BCUT2D eigenvalue weighted by Gasteiger charge is -2.23. The van der Waals surface area contributed by atoms with Gasteiger partial charge in [-0.1, -0.05) is 30.3 Å². The molecule has 0 aliphatic rings. The van der Waals surface area contributed by atoms with Gasteiger partial charge in [-0.05, 0) is 67.4 Å². The van der Waals surface area contributed by atoms with Gasteiger partial charge in [0, 0.05) is 22.7 Å². The molecule has 5 heteroatoms. The maximum absolute atomic E-state index is 13.0. The molecule has 0 heterocycles. The highest BCUT2D eigenvalue weighted by Gasteiger charge is 2.25. The van der Waals surface area contributed by atoms with E-state index in [0.29, 0.717) is 22.7 Å². The van der Waals surface area contributed by atoms with Crippen LogP contribution in [0.25, 0.3) is 0 Å². The fourth-order valence-electron chi connectivity index (χ4n) is 2.73. The maximum atomic E-state index is 13.0. The van der Waals surface area contributed by atoms with Crippen molar-refractivity contribution in [2.75, 3.05) is 16.0 Å². The lowest BCUT2D eigenvalue weighted by atomic mass is 10.1. The van der Waals surface area contributed by atoms with Crippen LogP contribution >= 0.6 is 0 Å². The normalized spacial score (nSPS) is 10.3. The molecular formula is C22H21N3O2. The Morgan fingerprint density at radius 2 is 1.48 bits per heavy atom. The van der Waals surface area contributed by atoms with Crippen molar-refractivity contribution in [3.63, 3.8) is 0 Å². The van der Waals surface area contributed by atoms with Gasteiger partial charge in [0.1, 0.15) is 0 Å². The quantitative estimate of drug-likeness (QED) is 0.544.